The second-order valence-electron chi connectivity index (χ2n) is 7.28. The van der Waals surface area contributed by atoms with Crippen LogP contribution in [0.15, 0.2) is 88.6 Å². The number of rotatable bonds is 6. The number of hydrogen-bond donors (Lipinski definition) is 1. The number of hydrogen-bond acceptors (Lipinski definition) is 5. The molecule has 2 aromatic carbocycles. The minimum Gasteiger partial charge on any atom is -0.345 e. The molecule has 0 radical (unpaired) electrons. The molecule has 2 aromatic heterocycles. The normalized spacial score (nSPS) is 11.7. The zero-order valence-corrected chi connectivity index (χ0v) is 18.4. The maximum Gasteiger partial charge on any atom is 0.352 e. The predicted octanol–water partition coefficient (Wildman–Crippen LogP) is 2.98. The van der Waals surface area contributed by atoms with Gasteiger partial charge < -0.3 is 5.32 Å². The fourth-order valence-corrected chi connectivity index (χ4v) is 3.49. The number of carbonyl (C=O) groups is 1. The van der Waals surface area contributed by atoms with E-state index in [4.69, 9.17) is 11.6 Å². The summed E-state index contributed by atoms with van der Waals surface area (Å²) in [5, 5.41) is 7.25. The molecule has 0 unspecified atom stereocenters. The lowest BCUT2D eigenvalue weighted by molar-refractivity contribution is 0.0940. The summed E-state index contributed by atoms with van der Waals surface area (Å²) in [5.74, 6) is -0.706. The number of benzene rings is 2. The quantitative estimate of drug-likeness (QED) is 0.476. The number of nitrogens with zero attached hydrogens (tertiary/aromatic N) is 4. The highest BCUT2D eigenvalue weighted by Gasteiger charge is 2.23. The Hall–Kier alpha value is -4.04. The van der Waals surface area contributed by atoms with Gasteiger partial charge >= 0.3 is 5.69 Å². The molecule has 4 aromatic rings. The van der Waals surface area contributed by atoms with Gasteiger partial charge in [-0.15, -0.1) is 0 Å². The van der Waals surface area contributed by atoms with Crippen LogP contribution in [-0.2, 0) is 6.54 Å². The molecule has 33 heavy (non-hydrogen) atoms. The highest BCUT2D eigenvalue weighted by atomic mass is 35.5. The van der Waals surface area contributed by atoms with Crippen molar-refractivity contribution >= 4 is 17.5 Å². The molecule has 166 valence electrons. The van der Waals surface area contributed by atoms with Gasteiger partial charge in [0.05, 0.1) is 24.0 Å². The number of halogens is 1. The maximum atomic E-state index is 13.3. The zero-order valence-electron chi connectivity index (χ0n) is 17.7. The van der Waals surface area contributed by atoms with Gasteiger partial charge in [0, 0.05) is 11.2 Å². The Bertz CT molecular complexity index is 1380. The lowest BCUT2D eigenvalue weighted by Crippen LogP contribution is -2.47. The van der Waals surface area contributed by atoms with Gasteiger partial charge in [0.1, 0.15) is 0 Å². The largest absolute Gasteiger partial charge is 0.352 e. The first kappa shape index (κ1) is 22.2. The summed E-state index contributed by atoms with van der Waals surface area (Å²) in [5.41, 5.74) is -0.110. The van der Waals surface area contributed by atoms with Crippen molar-refractivity contribution in [2.24, 2.45) is 0 Å². The van der Waals surface area contributed by atoms with Crippen LogP contribution in [0.1, 0.15) is 34.7 Å². The van der Waals surface area contributed by atoms with Crippen LogP contribution >= 0.6 is 11.6 Å². The van der Waals surface area contributed by atoms with Crippen LogP contribution in [0.5, 0.6) is 0 Å². The Morgan fingerprint density at radius 3 is 2.36 bits per heavy atom. The summed E-state index contributed by atoms with van der Waals surface area (Å²) in [4.78, 5) is 43.7. The lowest BCUT2D eigenvalue weighted by Gasteiger charge is -2.17. The summed E-state index contributed by atoms with van der Waals surface area (Å²) < 4.78 is 2.07. The maximum absolute atomic E-state index is 13.3. The number of carbonyl (C=O) groups excluding carboxylic acids is 1. The third kappa shape index (κ3) is 4.75. The fourth-order valence-electron chi connectivity index (χ4n) is 3.36. The first-order chi connectivity index (χ1) is 16.0. The molecule has 1 amide bonds. The molecule has 0 aliphatic carbocycles. The van der Waals surface area contributed by atoms with Gasteiger partial charge in [-0.05, 0) is 48.9 Å². The molecule has 2 heterocycles. The van der Waals surface area contributed by atoms with Gasteiger partial charge in [-0.2, -0.15) is 9.78 Å². The Kier molecular flexibility index (Phi) is 6.46. The summed E-state index contributed by atoms with van der Waals surface area (Å²) in [6, 6.07) is 20.1. The number of amides is 1. The Labute approximate surface area is 194 Å². The molecule has 0 fully saturated rings. The van der Waals surface area contributed by atoms with Crippen LogP contribution < -0.4 is 16.6 Å². The Morgan fingerprint density at radius 1 is 1.00 bits per heavy atom. The van der Waals surface area contributed by atoms with Crippen LogP contribution in [0, 0.1) is 0 Å². The predicted molar refractivity (Wildman–Crippen MR) is 125 cm³/mol. The fraction of sp³-hybridized carbons (Fsp3) is 0.125. The van der Waals surface area contributed by atoms with Crippen molar-refractivity contribution in [3.05, 3.63) is 122 Å². The van der Waals surface area contributed by atoms with E-state index in [-0.39, 0.29) is 6.54 Å². The Morgan fingerprint density at radius 2 is 1.70 bits per heavy atom. The van der Waals surface area contributed by atoms with Crippen LogP contribution in [-0.4, -0.2) is 25.2 Å². The molecule has 0 aliphatic rings. The minimum absolute atomic E-state index is 0.106. The number of nitrogens with one attached hydrogen (secondary N) is 1. The van der Waals surface area contributed by atoms with Gasteiger partial charge in [0.25, 0.3) is 11.5 Å². The average Bonchev–Trinajstić information content (AvgIpc) is 2.84. The van der Waals surface area contributed by atoms with E-state index in [1.807, 2.05) is 30.3 Å². The topological polar surface area (TPSA) is 98.9 Å². The van der Waals surface area contributed by atoms with E-state index in [9.17, 15) is 14.4 Å². The van der Waals surface area contributed by atoms with E-state index >= 15 is 0 Å². The molecule has 8 nitrogen and oxygen atoms in total. The molecule has 0 bridgehead atoms. The van der Waals surface area contributed by atoms with E-state index in [1.54, 1.807) is 55.6 Å². The van der Waals surface area contributed by atoms with Crippen molar-refractivity contribution in [3.63, 3.8) is 0 Å². The number of aromatic nitrogens is 4. The molecule has 9 heteroatoms. The summed E-state index contributed by atoms with van der Waals surface area (Å²) in [7, 11) is 0. The van der Waals surface area contributed by atoms with Crippen molar-refractivity contribution in [2.45, 2.75) is 19.5 Å². The summed E-state index contributed by atoms with van der Waals surface area (Å²) in [6.45, 7) is 1.83. The molecule has 0 saturated carbocycles. The van der Waals surface area contributed by atoms with Crippen molar-refractivity contribution < 1.29 is 4.79 Å². The molecular weight excluding hydrogens is 442 g/mol. The molecule has 4 rings (SSSR count). The van der Waals surface area contributed by atoms with Gasteiger partial charge in [-0.3, -0.25) is 14.6 Å². The molecule has 0 aliphatic heterocycles. The van der Waals surface area contributed by atoms with Gasteiger partial charge in [-0.25, -0.2) is 9.36 Å². The smallest absolute Gasteiger partial charge is 0.345 e. The molecule has 1 N–H and O–H groups in total. The first-order valence-corrected chi connectivity index (χ1v) is 10.6. The second kappa shape index (κ2) is 9.62. The van der Waals surface area contributed by atoms with Crippen molar-refractivity contribution in [1.29, 1.82) is 0 Å². The van der Waals surface area contributed by atoms with Crippen molar-refractivity contribution in [3.8, 4) is 5.69 Å². The third-order valence-corrected chi connectivity index (χ3v) is 5.37. The van der Waals surface area contributed by atoms with Gasteiger partial charge in [0.2, 0.25) is 5.69 Å². The van der Waals surface area contributed by atoms with Crippen LogP contribution in [0.2, 0.25) is 5.02 Å². The molecule has 0 saturated heterocycles. The molecule has 1 atom stereocenters. The average molecular weight is 462 g/mol. The van der Waals surface area contributed by atoms with E-state index in [2.05, 4.69) is 15.4 Å². The van der Waals surface area contributed by atoms with Crippen LogP contribution in [0.25, 0.3) is 5.69 Å². The Balaban J connectivity index is 1.82. The molecule has 0 spiro atoms. The second-order valence-corrected chi connectivity index (χ2v) is 7.72. The standard InChI is InChI=1S/C24H20ClN5O3/c1-16(17-7-3-2-4-8-17)29-23(32)21(22(31)27-15-19-9-5-6-14-26-19)28-30(24(29)33)20-12-10-18(25)11-13-20/h2-14,16H,15H2,1H3,(H,27,31)/t16-/m1/s1. The van der Waals surface area contributed by atoms with Crippen molar-refractivity contribution in [1.82, 2.24) is 24.6 Å². The van der Waals surface area contributed by atoms with Crippen LogP contribution in [0.3, 0.4) is 0 Å². The highest BCUT2D eigenvalue weighted by molar-refractivity contribution is 6.30. The van der Waals surface area contributed by atoms with Crippen molar-refractivity contribution in [2.75, 3.05) is 0 Å². The highest BCUT2D eigenvalue weighted by Crippen LogP contribution is 2.15. The van der Waals surface area contributed by atoms with E-state index in [1.165, 1.54) is 0 Å². The van der Waals surface area contributed by atoms with Gasteiger partial charge in [-0.1, -0.05) is 48.0 Å². The summed E-state index contributed by atoms with van der Waals surface area (Å²) >= 11 is 5.97. The first-order valence-electron chi connectivity index (χ1n) is 10.2. The monoisotopic (exact) mass is 461 g/mol. The SMILES string of the molecule is C[C@H](c1ccccc1)n1c(=O)c(C(=O)NCc2ccccn2)nn(-c2ccc(Cl)cc2)c1=O. The number of pyridine rings is 1. The van der Waals surface area contributed by atoms with E-state index < -0.39 is 28.9 Å². The molecular formula is C24H20ClN5O3. The van der Waals surface area contributed by atoms with E-state index in [0.29, 0.717) is 16.4 Å². The zero-order chi connectivity index (χ0) is 23.4. The van der Waals surface area contributed by atoms with E-state index in [0.717, 1.165) is 14.8 Å². The summed E-state index contributed by atoms with van der Waals surface area (Å²) in [6.07, 6.45) is 1.61. The minimum atomic E-state index is -0.778. The third-order valence-electron chi connectivity index (χ3n) is 5.12. The lowest BCUT2D eigenvalue weighted by atomic mass is 10.1. The van der Waals surface area contributed by atoms with Gasteiger partial charge in [0.15, 0.2) is 0 Å². The van der Waals surface area contributed by atoms with Crippen LogP contribution in [0.4, 0.5) is 0 Å².